The summed E-state index contributed by atoms with van der Waals surface area (Å²) in [5, 5.41) is 12.2. The second kappa shape index (κ2) is 5.44. The molecule has 0 bridgehead atoms. The van der Waals surface area contributed by atoms with Gasteiger partial charge in [0.25, 0.3) is 0 Å². The predicted molar refractivity (Wildman–Crippen MR) is 66.3 cm³/mol. The van der Waals surface area contributed by atoms with Crippen LogP contribution in [-0.4, -0.2) is 31.6 Å². The van der Waals surface area contributed by atoms with Crippen LogP contribution in [0.5, 0.6) is 0 Å². The molecule has 0 saturated carbocycles. The van der Waals surface area contributed by atoms with Crippen LogP contribution < -0.4 is 5.32 Å². The smallest absolute Gasteiger partial charge is 0.110 e. The molecular weight excluding hydrogens is 218 g/mol. The molecule has 1 aliphatic heterocycles. The summed E-state index contributed by atoms with van der Waals surface area (Å²) in [6, 6.07) is 6.10. The first-order valence-corrected chi connectivity index (χ1v) is 6.47. The van der Waals surface area contributed by atoms with Crippen LogP contribution in [0, 0.1) is 17.2 Å². The SMILES string of the molecule is CN1CCC(CNCc2ccc(C#N)s2)C1. The fourth-order valence-corrected chi connectivity index (χ4v) is 2.90. The minimum Gasteiger partial charge on any atom is -0.312 e. The maximum Gasteiger partial charge on any atom is 0.110 e. The average molecular weight is 235 g/mol. The van der Waals surface area contributed by atoms with Gasteiger partial charge in [0, 0.05) is 18.0 Å². The van der Waals surface area contributed by atoms with Crippen molar-refractivity contribution in [1.82, 2.24) is 10.2 Å². The molecule has 0 spiro atoms. The van der Waals surface area contributed by atoms with Crippen LogP contribution >= 0.6 is 11.3 Å². The summed E-state index contributed by atoms with van der Waals surface area (Å²) in [5.74, 6) is 0.792. The summed E-state index contributed by atoms with van der Waals surface area (Å²) in [5.41, 5.74) is 0. The van der Waals surface area contributed by atoms with Crippen LogP contribution in [0.15, 0.2) is 12.1 Å². The molecule has 1 unspecified atom stereocenters. The molecule has 86 valence electrons. The summed E-state index contributed by atoms with van der Waals surface area (Å²) < 4.78 is 0. The largest absolute Gasteiger partial charge is 0.312 e. The molecule has 0 radical (unpaired) electrons. The fraction of sp³-hybridized carbons (Fsp3) is 0.583. The Morgan fingerprint density at radius 3 is 3.12 bits per heavy atom. The molecule has 16 heavy (non-hydrogen) atoms. The van der Waals surface area contributed by atoms with E-state index in [9.17, 15) is 0 Å². The van der Waals surface area contributed by atoms with Crippen molar-refractivity contribution in [3.05, 3.63) is 21.9 Å². The summed E-state index contributed by atoms with van der Waals surface area (Å²) in [7, 11) is 2.18. The van der Waals surface area contributed by atoms with E-state index in [1.54, 1.807) is 11.3 Å². The van der Waals surface area contributed by atoms with Gasteiger partial charge in [0.05, 0.1) is 0 Å². The Labute approximate surface area is 101 Å². The Hall–Kier alpha value is -0.890. The van der Waals surface area contributed by atoms with Crippen LogP contribution in [0.25, 0.3) is 0 Å². The molecule has 3 nitrogen and oxygen atoms in total. The minimum atomic E-state index is 0.792. The number of likely N-dealkylation sites (tertiary alicyclic amines) is 1. The van der Waals surface area contributed by atoms with Crippen LogP contribution in [0.3, 0.4) is 0 Å². The molecule has 1 aliphatic rings. The molecule has 1 aromatic rings. The Balaban J connectivity index is 1.70. The van der Waals surface area contributed by atoms with E-state index in [1.165, 1.54) is 24.4 Å². The monoisotopic (exact) mass is 235 g/mol. The van der Waals surface area contributed by atoms with Gasteiger partial charge in [0.2, 0.25) is 0 Å². The molecule has 1 fully saturated rings. The minimum absolute atomic E-state index is 0.792. The third kappa shape index (κ3) is 3.05. The van der Waals surface area contributed by atoms with E-state index in [1.807, 2.05) is 12.1 Å². The molecule has 1 saturated heterocycles. The first kappa shape index (κ1) is 11.6. The number of hydrogen-bond acceptors (Lipinski definition) is 4. The summed E-state index contributed by atoms with van der Waals surface area (Å²) in [6.45, 7) is 4.42. The topological polar surface area (TPSA) is 39.1 Å². The van der Waals surface area contributed by atoms with Gasteiger partial charge in [-0.1, -0.05) is 0 Å². The van der Waals surface area contributed by atoms with Gasteiger partial charge in [-0.05, 0) is 44.6 Å². The molecule has 0 aromatic carbocycles. The first-order valence-electron chi connectivity index (χ1n) is 5.66. The second-order valence-electron chi connectivity index (χ2n) is 4.43. The normalized spacial score (nSPS) is 21.1. The highest BCUT2D eigenvalue weighted by Crippen LogP contribution is 2.16. The van der Waals surface area contributed by atoms with Gasteiger partial charge < -0.3 is 10.2 Å². The van der Waals surface area contributed by atoms with Gasteiger partial charge in [0.1, 0.15) is 10.9 Å². The lowest BCUT2D eigenvalue weighted by Gasteiger charge is -2.10. The molecule has 4 heteroatoms. The predicted octanol–water partition coefficient (Wildman–Crippen LogP) is 1.66. The van der Waals surface area contributed by atoms with Gasteiger partial charge >= 0.3 is 0 Å². The Kier molecular flexibility index (Phi) is 3.94. The first-order chi connectivity index (χ1) is 7.78. The number of hydrogen-bond donors (Lipinski definition) is 1. The fourth-order valence-electron chi connectivity index (χ4n) is 2.13. The van der Waals surface area contributed by atoms with Crippen molar-refractivity contribution in [2.45, 2.75) is 13.0 Å². The Morgan fingerprint density at radius 1 is 1.62 bits per heavy atom. The van der Waals surface area contributed by atoms with E-state index in [2.05, 4.69) is 23.3 Å². The number of nitrogens with one attached hydrogen (secondary N) is 1. The van der Waals surface area contributed by atoms with Gasteiger partial charge in [0.15, 0.2) is 0 Å². The van der Waals surface area contributed by atoms with Crippen molar-refractivity contribution in [1.29, 1.82) is 5.26 Å². The number of nitriles is 1. The lowest BCUT2D eigenvalue weighted by Crippen LogP contribution is -2.24. The molecule has 0 amide bonds. The lowest BCUT2D eigenvalue weighted by atomic mass is 10.1. The molecular formula is C12H17N3S. The molecule has 1 N–H and O–H groups in total. The lowest BCUT2D eigenvalue weighted by molar-refractivity contribution is 0.388. The van der Waals surface area contributed by atoms with Crippen molar-refractivity contribution in [2.24, 2.45) is 5.92 Å². The van der Waals surface area contributed by atoms with E-state index in [4.69, 9.17) is 5.26 Å². The van der Waals surface area contributed by atoms with Crippen LogP contribution in [0.1, 0.15) is 16.2 Å². The van der Waals surface area contributed by atoms with Crippen LogP contribution in [-0.2, 0) is 6.54 Å². The van der Waals surface area contributed by atoms with Crippen molar-refractivity contribution in [2.75, 3.05) is 26.7 Å². The van der Waals surface area contributed by atoms with Gasteiger partial charge in [-0.15, -0.1) is 11.3 Å². The van der Waals surface area contributed by atoms with E-state index >= 15 is 0 Å². The van der Waals surface area contributed by atoms with Gasteiger partial charge in [-0.3, -0.25) is 0 Å². The highest BCUT2D eigenvalue weighted by Gasteiger charge is 2.18. The van der Waals surface area contributed by atoms with E-state index in [-0.39, 0.29) is 0 Å². The van der Waals surface area contributed by atoms with Crippen molar-refractivity contribution in [3.63, 3.8) is 0 Å². The van der Waals surface area contributed by atoms with Crippen LogP contribution in [0.4, 0.5) is 0 Å². The number of nitrogens with zero attached hydrogens (tertiary/aromatic N) is 2. The second-order valence-corrected chi connectivity index (χ2v) is 5.59. The van der Waals surface area contributed by atoms with E-state index in [0.29, 0.717) is 0 Å². The summed E-state index contributed by atoms with van der Waals surface area (Å²) >= 11 is 1.58. The quantitative estimate of drug-likeness (QED) is 0.862. The average Bonchev–Trinajstić information content (AvgIpc) is 2.88. The third-order valence-electron chi connectivity index (χ3n) is 2.99. The Morgan fingerprint density at radius 2 is 2.50 bits per heavy atom. The zero-order chi connectivity index (χ0) is 11.4. The van der Waals surface area contributed by atoms with Crippen molar-refractivity contribution in [3.8, 4) is 6.07 Å². The molecule has 2 rings (SSSR count). The van der Waals surface area contributed by atoms with Crippen LogP contribution in [0.2, 0.25) is 0 Å². The standard InChI is InChI=1S/C12H17N3S/c1-15-5-4-10(9-15)7-14-8-12-3-2-11(6-13)16-12/h2-3,10,14H,4-5,7-9H2,1H3. The summed E-state index contributed by atoms with van der Waals surface area (Å²) in [4.78, 5) is 4.44. The maximum absolute atomic E-state index is 8.71. The number of rotatable bonds is 4. The summed E-state index contributed by atoms with van der Waals surface area (Å²) in [6.07, 6.45) is 1.30. The zero-order valence-electron chi connectivity index (χ0n) is 9.57. The van der Waals surface area contributed by atoms with Crippen molar-refractivity contribution >= 4 is 11.3 Å². The molecule has 2 heterocycles. The zero-order valence-corrected chi connectivity index (χ0v) is 10.4. The number of thiophene rings is 1. The third-order valence-corrected chi connectivity index (χ3v) is 3.98. The molecule has 1 aromatic heterocycles. The highest BCUT2D eigenvalue weighted by molar-refractivity contribution is 7.12. The maximum atomic E-state index is 8.71. The van der Waals surface area contributed by atoms with Crippen molar-refractivity contribution < 1.29 is 0 Å². The van der Waals surface area contributed by atoms with Gasteiger partial charge in [-0.25, -0.2) is 0 Å². The highest BCUT2D eigenvalue weighted by atomic mass is 32.1. The van der Waals surface area contributed by atoms with Gasteiger partial charge in [-0.2, -0.15) is 5.26 Å². The molecule has 1 atom stereocenters. The Bertz CT molecular complexity index is 380. The molecule has 0 aliphatic carbocycles. The van der Waals surface area contributed by atoms with E-state index < -0.39 is 0 Å². The van der Waals surface area contributed by atoms with E-state index in [0.717, 1.165) is 23.9 Å².